The molecule has 6 nitrogen and oxygen atoms in total. The van der Waals surface area contributed by atoms with E-state index in [-0.39, 0.29) is 18.8 Å². The van der Waals surface area contributed by atoms with Crippen LogP contribution in [-0.4, -0.2) is 34.9 Å². The molecule has 0 spiro atoms. The molecular weight excluding hydrogens is 504 g/mol. The van der Waals surface area contributed by atoms with Crippen LogP contribution >= 0.6 is 45.2 Å². The number of aromatic hydroxyl groups is 1. The minimum Gasteiger partial charge on any atom is -0.506 e. The SMILES string of the molecule is C=CCOC(=O)N[C@H](Cc1cc(I)c(O)c(I)c1)C(=O)O. The van der Waals surface area contributed by atoms with Crippen molar-refractivity contribution in [3.63, 3.8) is 0 Å². The van der Waals surface area contributed by atoms with Crippen molar-refractivity contribution in [1.82, 2.24) is 5.32 Å². The molecule has 3 N–H and O–H groups in total. The van der Waals surface area contributed by atoms with Gasteiger partial charge in [0.15, 0.2) is 0 Å². The number of rotatable bonds is 6. The first-order chi connectivity index (χ1) is 9.85. The zero-order valence-electron chi connectivity index (χ0n) is 10.8. The molecule has 0 fully saturated rings. The monoisotopic (exact) mass is 517 g/mol. The lowest BCUT2D eigenvalue weighted by atomic mass is 10.1. The summed E-state index contributed by atoms with van der Waals surface area (Å²) in [5, 5.41) is 21.1. The summed E-state index contributed by atoms with van der Waals surface area (Å²) in [5.41, 5.74) is 0.693. The molecule has 0 bridgehead atoms. The van der Waals surface area contributed by atoms with E-state index < -0.39 is 18.1 Å². The van der Waals surface area contributed by atoms with Gasteiger partial charge in [-0.2, -0.15) is 0 Å². The van der Waals surface area contributed by atoms with Crippen molar-refractivity contribution in [2.45, 2.75) is 12.5 Å². The molecular formula is C13H13I2NO5. The largest absolute Gasteiger partial charge is 0.506 e. The maximum Gasteiger partial charge on any atom is 0.408 e. The van der Waals surface area contributed by atoms with Gasteiger partial charge in [-0.15, -0.1) is 0 Å². The number of benzene rings is 1. The van der Waals surface area contributed by atoms with Crippen molar-refractivity contribution in [3.8, 4) is 5.75 Å². The molecule has 8 heteroatoms. The highest BCUT2D eigenvalue weighted by atomic mass is 127. The Morgan fingerprint density at radius 3 is 2.43 bits per heavy atom. The summed E-state index contributed by atoms with van der Waals surface area (Å²) in [6.45, 7) is 3.40. The Kier molecular flexibility index (Phi) is 7.22. The molecule has 0 unspecified atom stereocenters. The van der Waals surface area contributed by atoms with Gasteiger partial charge in [0.1, 0.15) is 18.4 Å². The zero-order valence-corrected chi connectivity index (χ0v) is 15.1. The number of halogens is 2. The first-order valence-electron chi connectivity index (χ1n) is 5.79. The predicted octanol–water partition coefficient (Wildman–Crippen LogP) is 2.51. The van der Waals surface area contributed by atoms with Gasteiger partial charge in [-0.3, -0.25) is 0 Å². The Balaban J connectivity index is 2.81. The van der Waals surface area contributed by atoms with Gasteiger partial charge >= 0.3 is 12.1 Å². The normalized spacial score (nSPS) is 11.5. The summed E-state index contributed by atoms with van der Waals surface area (Å²) in [6.07, 6.45) is 0.663. The van der Waals surface area contributed by atoms with Gasteiger partial charge in [0.05, 0.1) is 7.14 Å². The average Bonchev–Trinajstić information content (AvgIpc) is 2.41. The number of alkyl carbamates (subject to hydrolysis) is 1. The minimum atomic E-state index is -1.16. The number of carbonyl (C=O) groups excluding carboxylic acids is 1. The first-order valence-corrected chi connectivity index (χ1v) is 7.94. The van der Waals surface area contributed by atoms with Gasteiger partial charge in [0.2, 0.25) is 0 Å². The fourth-order valence-electron chi connectivity index (χ4n) is 1.49. The molecule has 1 amide bonds. The van der Waals surface area contributed by atoms with Crippen molar-refractivity contribution >= 4 is 57.2 Å². The average molecular weight is 517 g/mol. The zero-order chi connectivity index (χ0) is 16.0. The molecule has 1 rings (SSSR count). The molecule has 0 aliphatic carbocycles. The van der Waals surface area contributed by atoms with E-state index >= 15 is 0 Å². The number of hydrogen-bond donors (Lipinski definition) is 3. The molecule has 0 aromatic heterocycles. The number of carboxylic acids is 1. The van der Waals surface area contributed by atoms with Crippen LogP contribution in [0.15, 0.2) is 24.8 Å². The summed E-state index contributed by atoms with van der Waals surface area (Å²) in [7, 11) is 0. The number of aliphatic carboxylic acids is 1. The quantitative estimate of drug-likeness (QED) is 0.399. The second kappa shape index (κ2) is 8.41. The molecule has 0 saturated carbocycles. The van der Waals surface area contributed by atoms with Crippen molar-refractivity contribution in [3.05, 3.63) is 37.5 Å². The minimum absolute atomic E-state index is 0.00712. The number of phenols is 1. The van der Waals surface area contributed by atoms with Gasteiger partial charge in [-0.1, -0.05) is 12.7 Å². The highest BCUT2D eigenvalue weighted by molar-refractivity contribution is 14.1. The lowest BCUT2D eigenvalue weighted by Crippen LogP contribution is -2.42. The van der Waals surface area contributed by atoms with Crippen molar-refractivity contribution in [2.75, 3.05) is 6.61 Å². The molecule has 0 heterocycles. The number of phenolic OH excluding ortho intramolecular Hbond substituents is 1. The maximum atomic E-state index is 11.4. The molecule has 0 radical (unpaired) electrons. The molecule has 21 heavy (non-hydrogen) atoms. The van der Waals surface area contributed by atoms with Gasteiger partial charge < -0.3 is 20.3 Å². The third kappa shape index (κ3) is 5.69. The Morgan fingerprint density at radius 2 is 1.95 bits per heavy atom. The summed E-state index contributed by atoms with van der Waals surface area (Å²) < 4.78 is 5.94. The van der Waals surface area contributed by atoms with Crippen molar-refractivity contribution in [1.29, 1.82) is 0 Å². The van der Waals surface area contributed by atoms with E-state index in [4.69, 9.17) is 9.84 Å². The number of hydrogen-bond acceptors (Lipinski definition) is 4. The highest BCUT2D eigenvalue weighted by Crippen LogP contribution is 2.27. The first kappa shape index (κ1) is 18.0. The van der Waals surface area contributed by atoms with Gasteiger partial charge in [-0.05, 0) is 62.9 Å². The third-order valence-corrected chi connectivity index (χ3v) is 4.08. The van der Waals surface area contributed by atoms with E-state index in [2.05, 4.69) is 11.9 Å². The van der Waals surface area contributed by atoms with Crippen LogP contribution in [0.2, 0.25) is 0 Å². The Bertz CT molecular complexity index is 538. The molecule has 0 saturated heterocycles. The number of carbonyl (C=O) groups is 2. The standard InChI is InChI=1S/C13H13I2NO5/c1-2-3-21-13(20)16-10(12(18)19)6-7-4-8(14)11(17)9(15)5-7/h2,4-5,10,17H,1,3,6H2,(H,16,20)(H,18,19)/t10-/m1/s1. The lowest BCUT2D eigenvalue weighted by Gasteiger charge is -2.15. The van der Waals surface area contributed by atoms with Gasteiger partial charge in [-0.25, -0.2) is 9.59 Å². The fourth-order valence-corrected chi connectivity index (χ4v) is 3.39. The lowest BCUT2D eigenvalue weighted by molar-refractivity contribution is -0.139. The number of nitrogens with one attached hydrogen (secondary N) is 1. The third-order valence-electron chi connectivity index (χ3n) is 2.44. The molecule has 1 aromatic rings. The van der Waals surface area contributed by atoms with E-state index in [9.17, 15) is 14.7 Å². The van der Waals surface area contributed by atoms with E-state index in [0.29, 0.717) is 12.7 Å². The van der Waals surface area contributed by atoms with Crippen LogP contribution in [0.1, 0.15) is 5.56 Å². The van der Waals surface area contributed by atoms with Crippen molar-refractivity contribution in [2.24, 2.45) is 0 Å². The van der Waals surface area contributed by atoms with E-state index in [0.717, 1.165) is 0 Å². The van der Waals surface area contributed by atoms with Crippen LogP contribution in [0, 0.1) is 7.14 Å². The second-order valence-corrected chi connectivity index (χ2v) is 6.36. The fraction of sp³-hybridized carbons (Fsp3) is 0.231. The van der Waals surface area contributed by atoms with E-state index in [1.807, 2.05) is 45.2 Å². The Morgan fingerprint density at radius 1 is 1.38 bits per heavy atom. The van der Waals surface area contributed by atoms with Crippen LogP contribution in [0.5, 0.6) is 5.75 Å². The molecule has 1 atom stereocenters. The van der Waals surface area contributed by atoms with E-state index in [1.165, 1.54) is 6.08 Å². The smallest absolute Gasteiger partial charge is 0.408 e. The summed E-state index contributed by atoms with van der Waals surface area (Å²) >= 11 is 3.92. The van der Waals surface area contributed by atoms with E-state index in [1.54, 1.807) is 12.1 Å². The second-order valence-electron chi connectivity index (χ2n) is 4.03. The van der Waals surface area contributed by atoms with Gasteiger partial charge in [0.25, 0.3) is 0 Å². The molecule has 0 aliphatic heterocycles. The van der Waals surface area contributed by atoms with Crippen LogP contribution in [-0.2, 0) is 16.0 Å². The predicted molar refractivity (Wildman–Crippen MR) is 93.3 cm³/mol. The topological polar surface area (TPSA) is 95.9 Å². The van der Waals surface area contributed by atoms with Crippen LogP contribution in [0.4, 0.5) is 4.79 Å². The summed E-state index contributed by atoms with van der Waals surface area (Å²) in [4.78, 5) is 22.6. The number of amides is 1. The summed E-state index contributed by atoms with van der Waals surface area (Å²) in [5.74, 6) is -1.01. The van der Waals surface area contributed by atoms with Crippen LogP contribution in [0.25, 0.3) is 0 Å². The number of carboxylic acid groups (broad SMARTS) is 1. The van der Waals surface area contributed by atoms with Crippen LogP contribution < -0.4 is 5.32 Å². The van der Waals surface area contributed by atoms with Crippen LogP contribution in [0.3, 0.4) is 0 Å². The maximum absolute atomic E-state index is 11.4. The Labute approximate surface area is 148 Å². The molecule has 114 valence electrons. The van der Waals surface area contributed by atoms with Gasteiger partial charge in [0, 0.05) is 6.42 Å². The number of ether oxygens (including phenoxy) is 1. The van der Waals surface area contributed by atoms with Crippen molar-refractivity contribution < 1.29 is 24.5 Å². The molecule has 1 aromatic carbocycles. The molecule has 0 aliphatic rings. The Hall–Kier alpha value is -1.04. The summed E-state index contributed by atoms with van der Waals surface area (Å²) in [6, 6.07) is 2.23. The highest BCUT2D eigenvalue weighted by Gasteiger charge is 2.22.